The highest BCUT2D eigenvalue weighted by molar-refractivity contribution is 6.08. The van der Waals surface area contributed by atoms with E-state index in [9.17, 15) is 4.79 Å². The highest BCUT2D eigenvalue weighted by Gasteiger charge is 2.18. The molecule has 0 fully saturated rings. The van der Waals surface area contributed by atoms with Gasteiger partial charge in [0.25, 0.3) is 0 Å². The van der Waals surface area contributed by atoms with Crippen molar-refractivity contribution in [1.29, 1.82) is 0 Å². The number of ketones is 1. The van der Waals surface area contributed by atoms with Crippen LogP contribution in [0.2, 0.25) is 0 Å². The van der Waals surface area contributed by atoms with Crippen LogP contribution in [0.25, 0.3) is 38.7 Å². The van der Waals surface area contributed by atoms with E-state index in [0.717, 1.165) is 5.56 Å². The zero-order chi connectivity index (χ0) is 16.8. The third kappa shape index (κ3) is 2.28. The largest absolute Gasteiger partial charge is 0.294 e. The Kier molecular flexibility index (Phi) is 3.07. The molecule has 1 heteroatoms. The molecule has 4 aromatic rings. The van der Waals surface area contributed by atoms with Crippen LogP contribution in [0.15, 0.2) is 78.9 Å². The maximum Gasteiger partial charge on any atom is 0.160 e. The first-order valence-corrected chi connectivity index (χ1v) is 8.54. The van der Waals surface area contributed by atoms with Crippen molar-refractivity contribution in [2.75, 3.05) is 0 Å². The van der Waals surface area contributed by atoms with Crippen LogP contribution in [0.4, 0.5) is 0 Å². The van der Waals surface area contributed by atoms with E-state index in [2.05, 4.69) is 72.8 Å². The second-order valence-electron chi connectivity index (χ2n) is 6.58. The van der Waals surface area contributed by atoms with Gasteiger partial charge in [0.15, 0.2) is 5.78 Å². The Hall–Kier alpha value is -3.19. The Labute approximate surface area is 146 Å². The molecular formula is C24H16O. The van der Waals surface area contributed by atoms with Crippen molar-refractivity contribution in [3.8, 4) is 11.1 Å². The molecule has 1 aliphatic rings. The van der Waals surface area contributed by atoms with Gasteiger partial charge in [-0.1, -0.05) is 72.8 Å². The number of carbonyl (C=O) groups excluding carboxylic acids is 1. The quantitative estimate of drug-likeness (QED) is 0.433. The van der Waals surface area contributed by atoms with E-state index in [-0.39, 0.29) is 5.78 Å². The topological polar surface area (TPSA) is 17.1 Å². The Morgan fingerprint density at radius 3 is 2.32 bits per heavy atom. The fraction of sp³-hybridized carbons (Fsp3) is 0.0417. The minimum atomic E-state index is 0.173. The molecular weight excluding hydrogens is 304 g/mol. The third-order valence-corrected chi connectivity index (χ3v) is 5.01. The molecule has 1 nitrogen and oxygen atoms in total. The predicted octanol–water partition coefficient (Wildman–Crippen LogP) is 5.80. The molecule has 0 aliphatic heterocycles. The zero-order valence-electron chi connectivity index (χ0n) is 13.7. The minimum Gasteiger partial charge on any atom is -0.294 e. The van der Waals surface area contributed by atoms with Crippen molar-refractivity contribution in [2.24, 2.45) is 0 Å². The number of fused-ring (bicyclic) bond motifs is 3. The van der Waals surface area contributed by atoms with Gasteiger partial charge in [0.05, 0.1) is 0 Å². The number of allylic oxidation sites excluding steroid dienone is 1. The number of hydrogen-bond donors (Lipinski definition) is 0. The molecule has 5 rings (SSSR count). The van der Waals surface area contributed by atoms with E-state index in [4.69, 9.17) is 0 Å². The van der Waals surface area contributed by atoms with E-state index in [0.29, 0.717) is 6.42 Å². The van der Waals surface area contributed by atoms with E-state index in [1.54, 1.807) is 6.08 Å². The summed E-state index contributed by atoms with van der Waals surface area (Å²) in [5.41, 5.74) is 4.72. The summed E-state index contributed by atoms with van der Waals surface area (Å²) >= 11 is 0. The molecule has 0 atom stereocenters. The highest BCUT2D eigenvalue weighted by atomic mass is 16.1. The summed E-state index contributed by atoms with van der Waals surface area (Å²) in [6, 6.07) is 25.6. The number of hydrogen-bond acceptors (Lipinski definition) is 1. The summed E-state index contributed by atoms with van der Waals surface area (Å²) in [6.45, 7) is 0. The highest BCUT2D eigenvalue weighted by Crippen LogP contribution is 2.38. The fourth-order valence-corrected chi connectivity index (χ4v) is 3.84. The Balaban J connectivity index is 1.88. The molecule has 0 N–H and O–H groups in total. The smallest absolute Gasteiger partial charge is 0.160 e. The lowest BCUT2D eigenvalue weighted by atomic mass is 9.85. The molecule has 0 saturated carbocycles. The van der Waals surface area contributed by atoms with Crippen LogP contribution in [0.1, 0.15) is 11.1 Å². The van der Waals surface area contributed by atoms with Crippen LogP contribution in [-0.4, -0.2) is 5.78 Å². The molecule has 0 saturated heterocycles. The standard InChI is InChI=1S/C24H16O/c25-21-11-12-23-20(15-21)14-18-7-3-4-8-22(18)24(23)19-10-9-16-5-1-2-6-17(16)13-19/h1-14H,15H2. The van der Waals surface area contributed by atoms with Crippen LogP contribution in [0.5, 0.6) is 0 Å². The average molecular weight is 320 g/mol. The summed E-state index contributed by atoms with van der Waals surface area (Å²) in [5.74, 6) is 0.173. The molecule has 4 aromatic carbocycles. The predicted molar refractivity (Wildman–Crippen MR) is 105 cm³/mol. The van der Waals surface area contributed by atoms with Crippen LogP contribution in [-0.2, 0) is 11.2 Å². The van der Waals surface area contributed by atoms with Crippen molar-refractivity contribution in [3.63, 3.8) is 0 Å². The molecule has 0 radical (unpaired) electrons. The molecule has 0 spiro atoms. The van der Waals surface area contributed by atoms with E-state index < -0.39 is 0 Å². The lowest BCUT2D eigenvalue weighted by Gasteiger charge is -2.18. The van der Waals surface area contributed by atoms with Crippen molar-refractivity contribution >= 4 is 33.4 Å². The molecule has 118 valence electrons. The van der Waals surface area contributed by atoms with Gasteiger partial charge in [-0.25, -0.2) is 0 Å². The van der Waals surface area contributed by atoms with Gasteiger partial charge in [-0.05, 0) is 55.9 Å². The first kappa shape index (κ1) is 14.2. The molecule has 0 bridgehead atoms. The molecule has 0 heterocycles. The molecule has 25 heavy (non-hydrogen) atoms. The van der Waals surface area contributed by atoms with Gasteiger partial charge in [0.2, 0.25) is 0 Å². The van der Waals surface area contributed by atoms with Crippen LogP contribution in [0.3, 0.4) is 0 Å². The van der Waals surface area contributed by atoms with Crippen LogP contribution in [0, 0.1) is 0 Å². The van der Waals surface area contributed by atoms with Crippen molar-refractivity contribution < 1.29 is 4.79 Å². The van der Waals surface area contributed by atoms with Crippen molar-refractivity contribution in [3.05, 3.63) is 90.0 Å². The molecule has 0 unspecified atom stereocenters. The van der Waals surface area contributed by atoms with E-state index in [1.165, 1.54) is 38.2 Å². The average Bonchev–Trinajstić information content (AvgIpc) is 2.65. The number of rotatable bonds is 1. The second-order valence-corrected chi connectivity index (χ2v) is 6.58. The van der Waals surface area contributed by atoms with Gasteiger partial charge in [0.1, 0.15) is 0 Å². The van der Waals surface area contributed by atoms with E-state index >= 15 is 0 Å². The minimum absolute atomic E-state index is 0.173. The summed E-state index contributed by atoms with van der Waals surface area (Å²) in [4.78, 5) is 11.9. The van der Waals surface area contributed by atoms with Crippen molar-refractivity contribution in [2.45, 2.75) is 6.42 Å². The first-order valence-electron chi connectivity index (χ1n) is 8.54. The van der Waals surface area contributed by atoms with Gasteiger partial charge in [-0.2, -0.15) is 0 Å². The lowest BCUT2D eigenvalue weighted by Crippen LogP contribution is -2.06. The lowest BCUT2D eigenvalue weighted by molar-refractivity contribution is -0.114. The zero-order valence-corrected chi connectivity index (χ0v) is 13.7. The van der Waals surface area contributed by atoms with Crippen molar-refractivity contribution in [1.82, 2.24) is 0 Å². The SMILES string of the molecule is O=C1C=Cc2c(cc3ccccc3c2-c2ccc3ccccc3c2)C1. The van der Waals surface area contributed by atoms with Crippen LogP contribution < -0.4 is 0 Å². The Morgan fingerprint density at radius 1 is 0.680 bits per heavy atom. The Bertz CT molecular complexity index is 1180. The summed E-state index contributed by atoms with van der Waals surface area (Å²) in [7, 11) is 0. The molecule has 1 aliphatic carbocycles. The Morgan fingerprint density at radius 2 is 1.44 bits per heavy atom. The maximum absolute atomic E-state index is 11.9. The van der Waals surface area contributed by atoms with Crippen LogP contribution >= 0.6 is 0 Å². The first-order chi connectivity index (χ1) is 12.3. The summed E-state index contributed by atoms with van der Waals surface area (Å²) in [6.07, 6.45) is 4.18. The van der Waals surface area contributed by atoms with Gasteiger partial charge in [-0.15, -0.1) is 0 Å². The van der Waals surface area contributed by atoms with Gasteiger partial charge in [-0.3, -0.25) is 4.79 Å². The monoisotopic (exact) mass is 320 g/mol. The summed E-state index contributed by atoms with van der Waals surface area (Å²) in [5, 5.41) is 4.90. The van der Waals surface area contributed by atoms with Gasteiger partial charge >= 0.3 is 0 Å². The normalized spacial score (nSPS) is 13.4. The van der Waals surface area contributed by atoms with E-state index in [1.807, 2.05) is 6.08 Å². The molecule has 0 amide bonds. The number of benzene rings is 4. The van der Waals surface area contributed by atoms with Gasteiger partial charge in [0, 0.05) is 6.42 Å². The fourth-order valence-electron chi connectivity index (χ4n) is 3.84. The second kappa shape index (κ2) is 5.42. The van der Waals surface area contributed by atoms with Gasteiger partial charge < -0.3 is 0 Å². The maximum atomic E-state index is 11.9. The third-order valence-electron chi connectivity index (χ3n) is 5.01. The molecule has 0 aromatic heterocycles. The number of carbonyl (C=O) groups is 1. The summed E-state index contributed by atoms with van der Waals surface area (Å²) < 4.78 is 0.